The zero-order chi connectivity index (χ0) is 26.6. The topological polar surface area (TPSA) is 84.9 Å². The van der Waals surface area contributed by atoms with E-state index in [4.69, 9.17) is 9.47 Å². The normalized spacial score (nSPS) is 14.6. The second-order valence-electron chi connectivity index (χ2n) is 8.50. The van der Waals surface area contributed by atoms with Crippen molar-refractivity contribution in [3.63, 3.8) is 0 Å². The average Bonchev–Trinajstić information content (AvgIpc) is 2.92. The van der Waals surface area contributed by atoms with Gasteiger partial charge in [0.05, 0.1) is 12.3 Å². The van der Waals surface area contributed by atoms with Crippen molar-refractivity contribution in [3.8, 4) is 11.5 Å². The minimum absolute atomic E-state index is 0.169. The summed E-state index contributed by atoms with van der Waals surface area (Å²) < 4.78 is 12.6. The summed E-state index contributed by atoms with van der Waals surface area (Å²) in [4.78, 5) is 39.9. The highest BCUT2D eigenvalue weighted by Crippen LogP contribution is 2.32. The Morgan fingerprint density at radius 1 is 0.868 bits per heavy atom. The number of amides is 4. The molecule has 0 atom stereocenters. The van der Waals surface area contributed by atoms with Gasteiger partial charge in [0.15, 0.2) is 0 Å². The van der Waals surface area contributed by atoms with Gasteiger partial charge >= 0.3 is 6.03 Å². The third kappa shape index (κ3) is 5.17. The van der Waals surface area contributed by atoms with Gasteiger partial charge in [0.2, 0.25) is 0 Å². The van der Waals surface area contributed by atoms with Crippen molar-refractivity contribution in [1.82, 2.24) is 5.32 Å². The third-order valence-electron chi connectivity index (χ3n) is 6.03. The van der Waals surface area contributed by atoms with Crippen LogP contribution in [0.3, 0.4) is 0 Å². The van der Waals surface area contributed by atoms with Crippen molar-refractivity contribution in [3.05, 3.63) is 106 Å². The van der Waals surface area contributed by atoms with E-state index >= 15 is 0 Å². The Hall–Kier alpha value is -4.43. The molecule has 38 heavy (non-hydrogen) atoms. The molecule has 190 valence electrons. The quantitative estimate of drug-likeness (QED) is 0.210. The summed E-state index contributed by atoms with van der Waals surface area (Å²) in [5, 5.41) is 4.03. The van der Waals surface area contributed by atoms with Gasteiger partial charge in [0, 0.05) is 10.0 Å². The zero-order valence-corrected chi connectivity index (χ0v) is 22.0. The molecule has 0 aliphatic carbocycles. The monoisotopic (exact) mass is 570 g/mol. The van der Waals surface area contributed by atoms with Crippen LogP contribution in [0.2, 0.25) is 0 Å². The van der Waals surface area contributed by atoms with E-state index in [-0.39, 0.29) is 5.57 Å². The van der Waals surface area contributed by atoms with Gasteiger partial charge < -0.3 is 9.47 Å². The van der Waals surface area contributed by atoms with Gasteiger partial charge in [-0.3, -0.25) is 14.9 Å². The fourth-order valence-electron chi connectivity index (χ4n) is 4.18. The first-order chi connectivity index (χ1) is 18.4. The van der Waals surface area contributed by atoms with Crippen LogP contribution in [-0.2, 0) is 16.2 Å². The number of fused-ring (bicyclic) bond motifs is 1. The number of carbonyl (C=O) groups excluding carboxylic acids is 3. The number of barbiturate groups is 1. The van der Waals surface area contributed by atoms with E-state index in [2.05, 4.69) is 21.2 Å². The molecule has 4 aromatic rings. The summed E-state index contributed by atoms with van der Waals surface area (Å²) >= 11 is 3.41. The predicted octanol–water partition coefficient (Wildman–Crippen LogP) is 6.25. The molecule has 0 aromatic heterocycles. The van der Waals surface area contributed by atoms with Crippen molar-refractivity contribution in [1.29, 1.82) is 0 Å². The highest BCUT2D eigenvalue weighted by Gasteiger charge is 2.37. The van der Waals surface area contributed by atoms with E-state index in [0.29, 0.717) is 36.0 Å². The summed E-state index contributed by atoms with van der Waals surface area (Å²) in [6, 6.07) is 24.8. The van der Waals surface area contributed by atoms with Gasteiger partial charge in [-0.2, -0.15) is 0 Å². The van der Waals surface area contributed by atoms with Crippen LogP contribution in [0.5, 0.6) is 11.5 Å². The van der Waals surface area contributed by atoms with Gasteiger partial charge in [-0.1, -0.05) is 58.4 Å². The van der Waals surface area contributed by atoms with E-state index in [1.165, 1.54) is 6.08 Å². The number of halogens is 1. The molecule has 5 rings (SSSR count). The molecular weight excluding hydrogens is 548 g/mol. The number of nitrogens with one attached hydrogen (secondary N) is 1. The van der Waals surface area contributed by atoms with Gasteiger partial charge in [-0.15, -0.1) is 0 Å². The van der Waals surface area contributed by atoms with Crippen molar-refractivity contribution in [2.45, 2.75) is 13.5 Å². The Morgan fingerprint density at radius 2 is 1.61 bits per heavy atom. The first kappa shape index (κ1) is 25.2. The molecule has 7 nitrogen and oxygen atoms in total. The molecule has 1 aliphatic heterocycles. The molecule has 1 heterocycles. The molecular formula is C30H23BrN2O5. The molecule has 4 aromatic carbocycles. The number of nitrogens with zero attached hydrogens (tertiary/aromatic N) is 1. The SMILES string of the molecule is CCOc1ccc2ccccc2c1/C=C1\C(=O)NC(=O)N(c2ccc(OCc3ccc(Br)cc3)cc2)C1=O. The Balaban J connectivity index is 1.43. The van der Waals surface area contributed by atoms with E-state index in [0.717, 1.165) is 25.7 Å². The van der Waals surface area contributed by atoms with Gasteiger partial charge in [-0.25, -0.2) is 9.69 Å². The summed E-state index contributed by atoms with van der Waals surface area (Å²) in [6.45, 7) is 2.64. The van der Waals surface area contributed by atoms with E-state index in [1.54, 1.807) is 30.3 Å². The lowest BCUT2D eigenvalue weighted by atomic mass is 9.99. The van der Waals surface area contributed by atoms with E-state index < -0.39 is 17.8 Å². The lowest BCUT2D eigenvalue weighted by Gasteiger charge is -2.26. The van der Waals surface area contributed by atoms with Crippen molar-refractivity contribution in [2.24, 2.45) is 0 Å². The van der Waals surface area contributed by atoms with E-state index in [1.807, 2.05) is 61.5 Å². The van der Waals surface area contributed by atoms with Crippen LogP contribution in [-0.4, -0.2) is 24.5 Å². The average molecular weight is 571 g/mol. The molecule has 4 amide bonds. The summed E-state index contributed by atoms with van der Waals surface area (Å²) in [5.74, 6) is -0.376. The molecule has 0 saturated carbocycles. The molecule has 1 aliphatic rings. The summed E-state index contributed by atoms with van der Waals surface area (Å²) in [5.41, 5.74) is 1.73. The summed E-state index contributed by atoms with van der Waals surface area (Å²) in [6.07, 6.45) is 1.49. The molecule has 1 saturated heterocycles. The fraction of sp³-hybridized carbons (Fsp3) is 0.100. The van der Waals surface area contributed by atoms with Crippen LogP contribution < -0.4 is 19.7 Å². The number of ether oxygens (including phenoxy) is 2. The molecule has 0 bridgehead atoms. The number of hydrogen-bond donors (Lipinski definition) is 1. The Labute approximate surface area is 227 Å². The third-order valence-corrected chi connectivity index (χ3v) is 6.56. The molecule has 0 spiro atoms. The minimum atomic E-state index is -0.816. The van der Waals surface area contributed by atoms with Crippen LogP contribution in [0.1, 0.15) is 18.1 Å². The maximum Gasteiger partial charge on any atom is 0.335 e. The molecule has 0 unspecified atom stereocenters. The smallest absolute Gasteiger partial charge is 0.335 e. The van der Waals surface area contributed by atoms with Crippen molar-refractivity contribution in [2.75, 3.05) is 11.5 Å². The first-order valence-electron chi connectivity index (χ1n) is 12.0. The second-order valence-corrected chi connectivity index (χ2v) is 9.41. The summed E-state index contributed by atoms with van der Waals surface area (Å²) in [7, 11) is 0. The molecule has 8 heteroatoms. The number of benzene rings is 4. The number of rotatable bonds is 7. The standard InChI is InChI=1S/C30H23BrN2O5/c1-2-37-27-16-9-20-5-3-4-6-24(20)25(27)17-26-28(34)32-30(36)33(29(26)35)22-12-14-23(15-13-22)38-18-19-7-10-21(31)11-8-19/h3-17H,2,18H2,1H3,(H,32,34,36)/b26-17+. The number of anilines is 1. The maximum atomic E-state index is 13.5. The fourth-order valence-corrected chi connectivity index (χ4v) is 4.45. The maximum absolute atomic E-state index is 13.5. The number of imide groups is 2. The number of hydrogen-bond acceptors (Lipinski definition) is 5. The highest BCUT2D eigenvalue weighted by molar-refractivity contribution is 9.10. The van der Waals surface area contributed by atoms with Gasteiger partial charge in [0.1, 0.15) is 23.7 Å². The predicted molar refractivity (Wildman–Crippen MR) is 149 cm³/mol. The molecule has 1 N–H and O–H groups in total. The van der Waals surface area contributed by atoms with Crippen LogP contribution in [0.4, 0.5) is 10.5 Å². The first-order valence-corrected chi connectivity index (χ1v) is 12.8. The lowest BCUT2D eigenvalue weighted by Crippen LogP contribution is -2.54. The Kier molecular flexibility index (Phi) is 7.24. The Morgan fingerprint density at radius 3 is 2.34 bits per heavy atom. The van der Waals surface area contributed by atoms with Gasteiger partial charge in [0.25, 0.3) is 11.8 Å². The lowest BCUT2D eigenvalue weighted by molar-refractivity contribution is -0.122. The largest absolute Gasteiger partial charge is 0.493 e. The zero-order valence-electron chi connectivity index (χ0n) is 20.4. The number of carbonyl (C=O) groups is 3. The Bertz CT molecular complexity index is 1560. The van der Waals surface area contributed by atoms with Crippen molar-refractivity contribution < 1.29 is 23.9 Å². The highest BCUT2D eigenvalue weighted by atomic mass is 79.9. The molecule has 0 radical (unpaired) electrons. The van der Waals surface area contributed by atoms with Crippen molar-refractivity contribution >= 4 is 56.3 Å². The number of urea groups is 1. The van der Waals surface area contributed by atoms with Crippen LogP contribution >= 0.6 is 15.9 Å². The second kappa shape index (κ2) is 10.9. The minimum Gasteiger partial charge on any atom is -0.493 e. The molecule has 1 fully saturated rings. The van der Waals surface area contributed by atoms with Crippen LogP contribution in [0.25, 0.3) is 16.8 Å². The van der Waals surface area contributed by atoms with Gasteiger partial charge in [-0.05, 0) is 71.8 Å². The van der Waals surface area contributed by atoms with Crippen LogP contribution in [0.15, 0.2) is 95.0 Å². The van der Waals surface area contributed by atoms with Crippen LogP contribution in [0, 0.1) is 0 Å². The van der Waals surface area contributed by atoms with E-state index in [9.17, 15) is 14.4 Å².